The van der Waals surface area contributed by atoms with E-state index in [-0.39, 0.29) is 18.1 Å². The highest BCUT2D eigenvalue weighted by molar-refractivity contribution is 6.02. The van der Waals surface area contributed by atoms with Crippen molar-refractivity contribution < 1.29 is 24.4 Å². The van der Waals surface area contributed by atoms with Crippen LogP contribution in [0.25, 0.3) is 0 Å². The van der Waals surface area contributed by atoms with Gasteiger partial charge in [0.15, 0.2) is 24.4 Å². The Morgan fingerprint density at radius 3 is 2.82 bits per heavy atom. The SMILES string of the molecule is CCOc1cc(C(C[NH2+]C=NC=N)=NOCC(=O)NCc2ccccc2)cc2c1OC(C)(C)C2. The largest absolute Gasteiger partial charge is 0.490 e. The summed E-state index contributed by atoms with van der Waals surface area (Å²) in [4.78, 5) is 21.4. The molecular formula is C25H32N5O4+. The molecule has 0 spiro atoms. The predicted octanol–water partition coefficient (Wildman–Crippen LogP) is 2.03. The Balaban J connectivity index is 1.74. The molecule has 0 aromatic heterocycles. The van der Waals surface area contributed by atoms with Gasteiger partial charge in [0.25, 0.3) is 5.91 Å². The van der Waals surface area contributed by atoms with Gasteiger partial charge in [0.2, 0.25) is 0 Å². The zero-order chi connectivity index (χ0) is 24.4. The number of oxime groups is 1. The van der Waals surface area contributed by atoms with E-state index in [0.717, 1.165) is 35.2 Å². The monoisotopic (exact) mass is 466 g/mol. The first-order valence-corrected chi connectivity index (χ1v) is 11.2. The van der Waals surface area contributed by atoms with Gasteiger partial charge in [-0.05, 0) is 38.5 Å². The molecule has 0 atom stereocenters. The van der Waals surface area contributed by atoms with Crippen LogP contribution in [0.1, 0.15) is 37.5 Å². The number of quaternary nitrogens is 1. The molecule has 0 bridgehead atoms. The average Bonchev–Trinajstić information content (AvgIpc) is 3.14. The number of aliphatic imine (C=N–C) groups is 1. The van der Waals surface area contributed by atoms with E-state index < -0.39 is 0 Å². The molecule has 4 N–H and O–H groups in total. The summed E-state index contributed by atoms with van der Waals surface area (Å²) in [5.41, 5.74) is 3.15. The molecule has 9 nitrogen and oxygen atoms in total. The fourth-order valence-corrected chi connectivity index (χ4v) is 3.60. The molecule has 1 heterocycles. The van der Waals surface area contributed by atoms with Gasteiger partial charge in [-0.2, -0.15) is 4.99 Å². The molecule has 180 valence electrons. The van der Waals surface area contributed by atoms with Crippen molar-refractivity contribution in [1.29, 1.82) is 5.41 Å². The van der Waals surface area contributed by atoms with Crippen molar-refractivity contribution in [1.82, 2.24) is 5.32 Å². The van der Waals surface area contributed by atoms with E-state index in [9.17, 15) is 4.79 Å². The molecule has 0 saturated heterocycles. The number of carbonyl (C=O) groups excluding carboxylic acids is 1. The van der Waals surface area contributed by atoms with Gasteiger partial charge in [0, 0.05) is 24.1 Å². The van der Waals surface area contributed by atoms with Gasteiger partial charge in [-0.1, -0.05) is 35.5 Å². The average molecular weight is 467 g/mol. The number of amides is 1. The van der Waals surface area contributed by atoms with Gasteiger partial charge in [-0.3, -0.25) is 15.5 Å². The van der Waals surface area contributed by atoms with Crippen molar-refractivity contribution in [3.05, 3.63) is 59.2 Å². The molecule has 34 heavy (non-hydrogen) atoms. The number of ether oxygens (including phenoxy) is 2. The maximum Gasteiger partial charge on any atom is 0.261 e. The third-order valence-corrected chi connectivity index (χ3v) is 5.04. The summed E-state index contributed by atoms with van der Waals surface area (Å²) in [7, 11) is 0. The summed E-state index contributed by atoms with van der Waals surface area (Å²) in [6, 6.07) is 13.6. The van der Waals surface area contributed by atoms with Crippen molar-refractivity contribution in [2.24, 2.45) is 10.1 Å². The van der Waals surface area contributed by atoms with Gasteiger partial charge >= 0.3 is 0 Å². The number of rotatable bonds is 12. The quantitative estimate of drug-likeness (QED) is 0.252. The lowest BCUT2D eigenvalue weighted by Gasteiger charge is -2.18. The van der Waals surface area contributed by atoms with E-state index in [1.807, 2.05) is 63.2 Å². The van der Waals surface area contributed by atoms with Gasteiger partial charge < -0.3 is 19.6 Å². The van der Waals surface area contributed by atoms with Gasteiger partial charge in [-0.15, -0.1) is 0 Å². The summed E-state index contributed by atoms with van der Waals surface area (Å²) in [6.45, 7) is 7.12. The molecule has 0 unspecified atom stereocenters. The predicted molar refractivity (Wildman–Crippen MR) is 131 cm³/mol. The number of nitrogens with zero attached hydrogens (tertiary/aromatic N) is 2. The highest BCUT2D eigenvalue weighted by Crippen LogP contribution is 2.43. The molecule has 0 fully saturated rings. The number of fused-ring (bicyclic) bond motifs is 1. The Morgan fingerprint density at radius 2 is 2.09 bits per heavy atom. The molecule has 1 aliphatic rings. The standard InChI is InChI=1S/C25H31N5O4/c1-4-32-22-11-19(10-20-12-25(2,3)34-24(20)22)21(14-27-17-28-16-26)30-33-15-23(31)29-13-18-8-6-5-7-9-18/h5-11,16-17H,4,12-15H2,1-3H3,(H,29,31)(H2,26,27,28)/p+1. The third kappa shape index (κ3) is 7.14. The van der Waals surface area contributed by atoms with E-state index >= 15 is 0 Å². The lowest BCUT2D eigenvalue weighted by atomic mass is 9.98. The Bertz CT molecular complexity index is 1050. The maximum atomic E-state index is 12.2. The molecule has 1 amide bonds. The molecule has 0 radical (unpaired) electrons. The second kappa shape index (κ2) is 11.9. The first-order valence-electron chi connectivity index (χ1n) is 11.2. The van der Waals surface area contributed by atoms with Gasteiger partial charge in [0.1, 0.15) is 24.2 Å². The van der Waals surface area contributed by atoms with Crippen LogP contribution >= 0.6 is 0 Å². The second-order valence-corrected chi connectivity index (χ2v) is 8.37. The van der Waals surface area contributed by atoms with Crippen LogP contribution in [0.4, 0.5) is 0 Å². The molecule has 0 saturated carbocycles. The normalized spacial score (nSPS) is 14.4. The summed E-state index contributed by atoms with van der Waals surface area (Å²) in [5, 5.41) is 15.9. The smallest absolute Gasteiger partial charge is 0.261 e. The first-order chi connectivity index (χ1) is 16.4. The third-order valence-electron chi connectivity index (χ3n) is 5.04. The lowest BCUT2D eigenvalue weighted by Crippen LogP contribution is -2.84. The molecule has 3 rings (SSSR count). The summed E-state index contributed by atoms with van der Waals surface area (Å²) >= 11 is 0. The van der Waals surface area contributed by atoms with Crippen molar-refractivity contribution in [2.75, 3.05) is 19.8 Å². The Hall–Kier alpha value is -3.72. The Kier molecular flexibility index (Phi) is 8.75. The molecule has 1 aliphatic heterocycles. The van der Waals surface area contributed by atoms with E-state index in [2.05, 4.69) is 15.5 Å². The summed E-state index contributed by atoms with van der Waals surface area (Å²) in [5.74, 6) is 1.15. The van der Waals surface area contributed by atoms with Crippen LogP contribution in [0, 0.1) is 5.41 Å². The number of benzene rings is 2. The first kappa shape index (κ1) is 24.9. The van der Waals surface area contributed by atoms with Gasteiger partial charge in [-0.25, -0.2) is 0 Å². The highest BCUT2D eigenvalue weighted by atomic mass is 16.6. The van der Waals surface area contributed by atoms with Gasteiger partial charge in [0.05, 0.1) is 6.61 Å². The number of nitrogens with one attached hydrogen (secondary N) is 2. The maximum absolute atomic E-state index is 12.2. The van der Waals surface area contributed by atoms with Crippen molar-refractivity contribution >= 4 is 24.3 Å². The van der Waals surface area contributed by atoms with E-state index in [1.165, 1.54) is 6.34 Å². The van der Waals surface area contributed by atoms with Crippen LogP contribution < -0.4 is 20.1 Å². The van der Waals surface area contributed by atoms with E-state index in [4.69, 9.17) is 19.7 Å². The van der Waals surface area contributed by atoms with E-state index in [1.54, 1.807) is 5.32 Å². The molecule has 9 heteroatoms. The molecular weight excluding hydrogens is 434 g/mol. The van der Waals surface area contributed by atoms with E-state index in [0.29, 0.717) is 31.2 Å². The number of hydrogen-bond donors (Lipinski definition) is 3. The number of carbonyl (C=O) groups is 1. The lowest BCUT2D eigenvalue weighted by molar-refractivity contribution is -0.513. The minimum Gasteiger partial charge on any atom is -0.490 e. The summed E-state index contributed by atoms with van der Waals surface area (Å²) < 4.78 is 11.9. The van der Waals surface area contributed by atoms with Crippen LogP contribution in [0.2, 0.25) is 0 Å². The van der Waals surface area contributed by atoms with Crippen molar-refractivity contribution in [3.8, 4) is 11.5 Å². The topological polar surface area (TPSA) is 122 Å². The minimum absolute atomic E-state index is 0.204. The number of hydrogen-bond acceptors (Lipinski definition) is 6. The Labute approximate surface area is 199 Å². The zero-order valence-electron chi connectivity index (χ0n) is 19.8. The van der Waals surface area contributed by atoms with Crippen molar-refractivity contribution in [3.63, 3.8) is 0 Å². The Morgan fingerprint density at radius 1 is 1.29 bits per heavy atom. The summed E-state index contributed by atoms with van der Waals surface area (Å²) in [6.07, 6.45) is 3.23. The zero-order valence-corrected chi connectivity index (χ0v) is 19.8. The molecule has 2 aromatic rings. The van der Waals surface area contributed by atoms with Crippen LogP contribution in [-0.2, 0) is 22.6 Å². The van der Waals surface area contributed by atoms with Crippen LogP contribution in [0.5, 0.6) is 11.5 Å². The highest BCUT2D eigenvalue weighted by Gasteiger charge is 2.33. The minimum atomic E-state index is -0.319. The number of nitrogens with two attached hydrogens (primary N) is 1. The van der Waals surface area contributed by atoms with Crippen molar-refractivity contribution in [2.45, 2.75) is 39.3 Å². The fourth-order valence-electron chi connectivity index (χ4n) is 3.60. The molecule has 2 aromatic carbocycles. The fraction of sp³-hybridized carbons (Fsp3) is 0.360. The van der Waals surface area contributed by atoms with Crippen LogP contribution in [0.3, 0.4) is 0 Å². The van der Waals surface area contributed by atoms with Crippen LogP contribution in [0.15, 0.2) is 52.6 Å². The molecule has 0 aliphatic carbocycles. The second-order valence-electron chi connectivity index (χ2n) is 8.37. The van der Waals surface area contributed by atoms with Crippen LogP contribution in [-0.4, -0.2) is 49.7 Å².